The number of aromatic nitrogens is 1. The number of hydrogen-bond donors (Lipinski definition) is 1. The van der Waals surface area contributed by atoms with Gasteiger partial charge in [-0.25, -0.2) is 4.98 Å². The van der Waals surface area contributed by atoms with E-state index in [1.807, 2.05) is 42.2 Å². The highest BCUT2D eigenvalue weighted by molar-refractivity contribution is 6.32. The van der Waals surface area contributed by atoms with Gasteiger partial charge in [0.25, 0.3) is 0 Å². The SMILES string of the molecule is COCCC(=O)N1CCN(c2nc(C3CC3)c(-c3cccc(NC(=O)[C@@H](C)Cl)c3)cc2C#N)C[C@H]1C. The van der Waals surface area contributed by atoms with E-state index in [4.69, 9.17) is 21.3 Å². The largest absolute Gasteiger partial charge is 0.384 e. The van der Waals surface area contributed by atoms with Crippen molar-refractivity contribution >= 4 is 34.9 Å². The van der Waals surface area contributed by atoms with Crippen molar-refractivity contribution in [1.29, 1.82) is 5.26 Å². The number of pyridine rings is 1. The molecule has 1 aromatic heterocycles. The van der Waals surface area contributed by atoms with Crippen molar-refractivity contribution in [2.45, 2.75) is 50.4 Å². The first-order chi connectivity index (χ1) is 17.3. The number of anilines is 2. The molecule has 2 amide bonds. The van der Waals surface area contributed by atoms with Gasteiger partial charge in [-0.05, 0) is 50.5 Å². The fourth-order valence-electron chi connectivity index (χ4n) is 4.60. The zero-order chi connectivity index (χ0) is 25.8. The Labute approximate surface area is 217 Å². The standard InChI is InChI=1S/C27H32ClN5O3/c1-17-16-32(10-11-33(17)24(34)9-12-36-3)26-21(15-29)14-23(25(31-26)19-7-8-19)20-5-4-6-22(13-20)30-27(35)18(2)28/h4-6,13-14,17-19H,7-12,16H2,1-3H3,(H,30,35)/t17-,18-/m1/s1. The van der Waals surface area contributed by atoms with Gasteiger partial charge in [-0.15, -0.1) is 11.6 Å². The van der Waals surface area contributed by atoms with Crippen LogP contribution in [0.15, 0.2) is 30.3 Å². The minimum atomic E-state index is -0.639. The van der Waals surface area contributed by atoms with Crippen LogP contribution in [0.4, 0.5) is 11.5 Å². The maximum Gasteiger partial charge on any atom is 0.242 e. The molecule has 0 unspecified atom stereocenters. The first-order valence-electron chi connectivity index (χ1n) is 12.4. The molecule has 2 heterocycles. The molecule has 1 aliphatic heterocycles. The van der Waals surface area contributed by atoms with Gasteiger partial charge in [0.2, 0.25) is 11.8 Å². The maximum atomic E-state index is 12.5. The van der Waals surface area contributed by atoms with Crippen LogP contribution in [0, 0.1) is 11.3 Å². The zero-order valence-corrected chi connectivity index (χ0v) is 21.7. The van der Waals surface area contributed by atoms with E-state index in [2.05, 4.69) is 16.3 Å². The molecular formula is C27H32ClN5O3. The molecule has 2 aromatic rings. The number of nitrogens with zero attached hydrogens (tertiary/aromatic N) is 4. The number of nitriles is 1. The molecule has 190 valence electrons. The van der Waals surface area contributed by atoms with E-state index in [1.54, 1.807) is 14.0 Å². The van der Waals surface area contributed by atoms with E-state index in [0.29, 0.717) is 55.6 Å². The van der Waals surface area contributed by atoms with Crippen molar-refractivity contribution in [2.24, 2.45) is 0 Å². The van der Waals surface area contributed by atoms with Gasteiger partial charge < -0.3 is 19.9 Å². The molecule has 1 saturated heterocycles. The molecule has 1 aromatic carbocycles. The van der Waals surface area contributed by atoms with Gasteiger partial charge in [-0.3, -0.25) is 9.59 Å². The number of hydrogen-bond acceptors (Lipinski definition) is 6. The molecule has 9 heteroatoms. The number of benzene rings is 1. The second-order valence-corrected chi connectivity index (χ2v) is 10.1. The molecule has 0 bridgehead atoms. The van der Waals surface area contributed by atoms with Crippen molar-refractivity contribution in [3.63, 3.8) is 0 Å². The summed E-state index contributed by atoms with van der Waals surface area (Å²) in [7, 11) is 1.59. The van der Waals surface area contributed by atoms with E-state index < -0.39 is 5.38 Å². The fraction of sp³-hybridized carbons (Fsp3) is 0.481. The summed E-state index contributed by atoms with van der Waals surface area (Å²) >= 11 is 5.91. The lowest BCUT2D eigenvalue weighted by Crippen LogP contribution is -2.54. The molecule has 0 radical (unpaired) electrons. The van der Waals surface area contributed by atoms with Crippen LogP contribution in [0.3, 0.4) is 0 Å². The Morgan fingerprint density at radius 2 is 2.08 bits per heavy atom. The highest BCUT2D eigenvalue weighted by Crippen LogP contribution is 2.45. The van der Waals surface area contributed by atoms with Crippen LogP contribution in [-0.4, -0.2) is 66.5 Å². The normalized spacial score (nSPS) is 18.5. The molecule has 4 rings (SSSR count). The summed E-state index contributed by atoms with van der Waals surface area (Å²) in [5.74, 6) is 0.847. The van der Waals surface area contributed by atoms with Gasteiger partial charge in [0.05, 0.1) is 24.3 Å². The zero-order valence-electron chi connectivity index (χ0n) is 21.0. The topological polar surface area (TPSA) is 98.6 Å². The van der Waals surface area contributed by atoms with Crippen molar-refractivity contribution in [2.75, 3.05) is 43.6 Å². The minimum absolute atomic E-state index is 0.00474. The quantitative estimate of drug-likeness (QED) is 0.537. The fourth-order valence-corrected chi connectivity index (χ4v) is 4.65. The third kappa shape index (κ3) is 5.80. The summed E-state index contributed by atoms with van der Waals surface area (Å²) in [5, 5.41) is 12.2. The molecule has 8 nitrogen and oxygen atoms in total. The van der Waals surface area contributed by atoms with E-state index in [0.717, 1.165) is 29.7 Å². The molecule has 1 aliphatic carbocycles. The van der Waals surface area contributed by atoms with E-state index in [9.17, 15) is 14.9 Å². The lowest BCUT2D eigenvalue weighted by Gasteiger charge is -2.41. The van der Waals surface area contributed by atoms with Crippen molar-refractivity contribution in [1.82, 2.24) is 9.88 Å². The van der Waals surface area contributed by atoms with Crippen LogP contribution in [0.25, 0.3) is 11.1 Å². The third-order valence-electron chi connectivity index (χ3n) is 6.69. The number of alkyl halides is 1. The summed E-state index contributed by atoms with van der Waals surface area (Å²) in [6.45, 7) is 5.88. The molecule has 2 atom stereocenters. The van der Waals surface area contributed by atoms with E-state index in [1.165, 1.54) is 0 Å². The molecule has 36 heavy (non-hydrogen) atoms. The number of carbonyl (C=O) groups excluding carboxylic acids is 2. The van der Waals surface area contributed by atoms with Crippen LogP contribution in [0.5, 0.6) is 0 Å². The number of piperazine rings is 1. The Hall–Kier alpha value is -3.15. The summed E-state index contributed by atoms with van der Waals surface area (Å²) in [6.07, 6.45) is 2.49. The van der Waals surface area contributed by atoms with Gasteiger partial charge in [-0.2, -0.15) is 5.26 Å². The Balaban J connectivity index is 1.62. The lowest BCUT2D eigenvalue weighted by molar-refractivity contribution is -0.134. The molecule has 1 N–H and O–H groups in total. The molecule has 1 saturated carbocycles. The van der Waals surface area contributed by atoms with Crippen LogP contribution in [0.1, 0.15) is 50.3 Å². The predicted octanol–water partition coefficient (Wildman–Crippen LogP) is 4.14. The smallest absolute Gasteiger partial charge is 0.242 e. The molecule has 2 aliphatic rings. The van der Waals surface area contributed by atoms with Gasteiger partial charge in [0.15, 0.2) is 0 Å². The third-order valence-corrected chi connectivity index (χ3v) is 6.88. The van der Waals surface area contributed by atoms with Crippen LogP contribution < -0.4 is 10.2 Å². The van der Waals surface area contributed by atoms with Gasteiger partial charge in [-0.1, -0.05) is 12.1 Å². The first kappa shape index (κ1) is 25.9. The van der Waals surface area contributed by atoms with E-state index >= 15 is 0 Å². The van der Waals surface area contributed by atoms with Gasteiger partial charge >= 0.3 is 0 Å². The maximum absolute atomic E-state index is 12.5. The summed E-state index contributed by atoms with van der Waals surface area (Å²) in [4.78, 5) is 33.7. The summed E-state index contributed by atoms with van der Waals surface area (Å²) in [6, 6.07) is 11.8. The first-order valence-corrected chi connectivity index (χ1v) is 12.8. The number of carbonyl (C=O) groups is 2. The van der Waals surface area contributed by atoms with Crippen LogP contribution >= 0.6 is 11.6 Å². The van der Waals surface area contributed by atoms with Gasteiger partial charge in [0.1, 0.15) is 17.3 Å². The average Bonchev–Trinajstić information content (AvgIpc) is 3.72. The lowest BCUT2D eigenvalue weighted by atomic mass is 9.98. The highest BCUT2D eigenvalue weighted by atomic mass is 35.5. The number of halogens is 1. The Bertz CT molecular complexity index is 1170. The summed E-state index contributed by atoms with van der Waals surface area (Å²) < 4.78 is 5.05. The number of rotatable bonds is 8. The highest BCUT2D eigenvalue weighted by Gasteiger charge is 2.33. The molecule has 0 spiro atoms. The summed E-state index contributed by atoms with van der Waals surface area (Å²) in [5.41, 5.74) is 3.94. The average molecular weight is 510 g/mol. The molecule has 2 fully saturated rings. The molecular weight excluding hydrogens is 478 g/mol. The monoisotopic (exact) mass is 509 g/mol. The second-order valence-electron chi connectivity index (χ2n) is 9.49. The number of amides is 2. The van der Waals surface area contributed by atoms with Crippen molar-refractivity contribution in [3.05, 3.63) is 41.6 Å². The number of ether oxygens (including phenoxy) is 1. The Kier molecular flexibility index (Phi) is 8.12. The van der Waals surface area contributed by atoms with E-state index in [-0.39, 0.29) is 17.9 Å². The van der Waals surface area contributed by atoms with Crippen molar-refractivity contribution < 1.29 is 14.3 Å². The van der Waals surface area contributed by atoms with Crippen molar-refractivity contribution in [3.8, 4) is 17.2 Å². The van der Waals surface area contributed by atoms with Crippen LogP contribution in [-0.2, 0) is 14.3 Å². The number of nitrogens with one attached hydrogen (secondary N) is 1. The predicted molar refractivity (Wildman–Crippen MR) is 140 cm³/mol. The second kappa shape index (κ2) is 11.3. The Morgan fingerprint density at radius 1 is 1.31 bits per heavy atom. The number of methoxy groups -OCH3 is 1. The Morgan fingerprint density at radius 3 is 2.72 bits per heavy atom. The van der Waals surface area contributed by atoms with Crippen LogP contribution in [0.2, 0.25) is 0 Å². The van der Waals surface area contributed by atoms with Gasteiger partial charge in [0, 0.05) is 50.0 Å². The minimum Gasteiger partial charge on any atom is -0.384 e.